The summed E-state index contributed by atoms with van der Waals surface area (Å²) in [6.07, 6.45) is 4.35. The van der Waals surface area contributed by atoms with E-state index in [1.807, 2.05) is 16.9 Å². The first-order chi connectivity index (χ1) is 6.74. The number of nitrogens with zero attached hydrogens (tertiary/aromatic N) is 2. The summed E-state index contributed by atoms with van der Waals surface area (Å²) < 4.78 is 2.03. The summed E-state index contributed by atoms with van der Waals surface area (Å²) in [4.78, 5) is 0. The second kappa shape index (κ2) is 5.81. The fourth-order valence-electron chi connectivity index (χ4n) is 1.58. The third-order valence-corrected chi connectivity index (χ3v) is 2.47. The van der Waals surface area contributed by atoms with Crippen molar-refractivity contribution in [3.05, 3.63) is 18.0 Å². The molecule has 1 rings (SSSR count). The van der Waals surface area contributed by atoms with Gasteiger partial charge in [-0.1, -0.05) is 13.3 Å². The predicted molar refractivity (Wildman–Crippen MR) is 59.3 cm³/mol. The number of rotatable bonds is 6. The Morgan fingerprint density at radius 3 is 2.93 bits per heavy atom. The molecule has 0 aliphatic rings. The molecule has 0 aliphatic heterocycles. The van der Waals surface area contributed by atoms with Gasteiger partial charge in [0.15, 0.2) is 0 Å². The lowest BCUT2D eigenvalue weighted by atomic mass is 10.2. The third-order valence-electron chi connectivity index (χ3n) is 2.47. The fraction of sp³-hybridized carbons (Fsp3) is 0.727. The molecule has 1 aromatic heterocycles. The second-order valence-electron chi connectivity index (χ2n) is 3.84. The van der Waals surface area contributed by atoms with Gasteiger partial charge in [0.25, 0.3) is 0 Å². The largest absolute Gasteiger partial charge is 0.312 e. The van der Waals surface area contributed by atoms with Crippen molar-refractivity contribution in [3.8, 4) is 0 Å². The standard InChI is InChI=1S/C11H21N3/c1-4-5-10(2)12-8-9-14-11(3)6-7-13-14/h6-7,10,12H,4-5,8-9H2,1-3H3. The van der Waals surface area contributed by atoms with E-state index in [2.05, 4.69) is 31.2 Å². The van der Waals surface area contributed by atoms with E-state index in [-0.39, 0.29) is 0 Å². The Balaban J connectivity index is 2.19. The minimum absolute atomic E-state index is 0.621. The zero-order valence-corrected chi connectivity index (χ0v) is 9.45. The minimum atomic E-state index is 0.621. The number of hydrogen-bond donors (Lipinski definition) is 1. The lowest BCUT2D eigenvalue weighted by Gasteiger charge is -2.12. The van der Waals surface area contributed by atoms with Gasteiger partial charge in [-0.05, 0) is 26.3 Å². The molecule has 3 heteroatoms. The van der Waals surface area contributed by atoms with Crippen molar-refractivity contribution >= 4 is 0 Å². The van der Waals surface area contributed by atoms with Crippen LogP contribution in [0, 0.1) is 6.92 Å². The lowest BCUT2D eigenvalue weighted by Crippen LogP contribution is -2.29. The molecule has 80 valence electrons. The summed E-state index contributed by atoms with van der Waals surface area (Å²) in [6.45, 7) is 8.51. The van der Waals surface area contributed by atoms with Crippen LogP contribution in [0.1, 0.15) is 32.4 Å². The molecule has 0 amide bonds. The monoisotopic (exact) mass is 195 g/mol. The molecule has 0 saturated heterocycles. The Kier molecular flexibility index (Phi) is 4.66. The smallest absolute Gasteiger partial charge is 0.0537 e. The Morgan fingerprint density at radius 2 is 2.36 bits per heavy atom. The van der Waals surface area contributed by atoms with E-state index in [1.165, 1.54) is 18.5 Å². The number of hydrogen-bond acceptors (Lipinski definition) is 2. The minimum Gasteiger partial charge on any atom is -0.312 e. The molecule has 1 N–H and O–H groups in total. The van der Waals surface area contributed by atoms with Gasteiger partial charge in [0.2, 0.25) is 0 Å². The molecule has 0 aliphatic carbocycles. The van der Waals surface area contributed by atoms with E-state index >= 15 is 0 Å². The molecule has 0 aromatic carbocycles. The highest BCUT2D eigenvalue weighted by Gasteiger charge is 2.00. The molecule has 0 radical (unpaired) electrons. The first-order valence-corrected chi connectivity index (χ1v) is 5.45. The van der Waals surface area contributed by atoms with E-state index in [0.29, 0.717) is 6.04 Å². The van der Waals surface area contributed by atoms with Gasteiger partial charge >= 0.3 is 0 Å². The molecular weight excluding hydrogens is 174 g/mol. The maximum Gasteiger partial charge on any atom is 0.0537 e. The van der Waals surface area contributed by atoms with Gasteiger partial charge in [-0.15, -0.1) is 0 Å². The Bertz CT molecular complexity index is 255. The lowest BCUT2D eigenvalue weighted by molar-refractivity contribution is 0.469. The van der Waals surface area contributed by atoms with Crippen molar-refractivity contribution in [2.75, 3.05) is 6.54 Å². The molecule has 0 fully saturated rings. The normalized spacial score (nSPS) is 13.1. The van der Waals surface area contributed by atoms with E-state index in [0.717, 1.165) is 13.1 Å². The van der Waals surface area contributed by atoms with Crippen molar-refractivity contribution in [1.82, 2.24) is 15.1 Å². The van der Waals surface area contributed by atoms with E-state index in [1.54, 1.807) is 0 Å². The highest BCUT2D eigenvalue weighted by molar-refractivity contribution is 4.96. The van der Waals surface area contributed by atoms with Crippen LogP contribution in [0.15, 0.2) is 12.3 Å². The summed E-state index contributed by atoms with van der Waals surface area (Å²) in [5.74, 6) is 0. The fourth-order valence-corrected chi connectivity index (χ4v) is 1.58. The summed E-state index contributed by atoms with van der Waals surface area (Å²) >= 11 is 0. The predicted octanol–water partition coefficient (Wildman–Crippen LogP) is 1.97. The summed E-state index contributed by atoms with van der Waals surface area (Å²) in [7, 11) is 0. The Hall–Kier alpha value is -0.830. The average molecular weight is 195 g/mol. The molecule has 0 spiro atoms. The maximum atomic E-state index is 4.24. The summed E-state index contributed by atoms with van der Waals surface area (Å²) in [6, 6.07) is 2.66. The van der Waals surface area contributed by atoms with Crippen LogP contribution in [-0.2, 0) is 6.54 Å². The van der Waals surface area contributed by atoms with Gasteiger partial charge < -0.3 is 5.32 Å². The van der Waals surface area contributed by atoms with Gasteiger partial charge in [0.05, 0.1) is 6.54 Å². The van der Waals surface area contributed by atoms with Crippen LogP contribution < -0.4 is 5.32 Å². The molecule has 1 aromatic rings. The van der Waals surface area contributed by atoms with Gasteiger partial charge in [0, 0.05) is 24.5 Å². The van der Waals surface area contributed by atoms with Gasteiger partial charge in [-0.25, -0.2) is 0 Å². The number of aryl methyl sites for hydroxylation is 1. The van der Waals surface area contributed by atoms with E-state index in [4.69, 9.17) is 0 Å². The maximum absolute atomic E-state index is 4.24. The molecule has 1 unspecified atom stereocenters. The van der Waals surface area contributed by atoms with Gasteiger partial charge in [-0.3, -0.25) is 4.68 Å². The van der Waals surface area contributed by atoms with Crippen molar-refractivity contribution in [3.63, 3.8) is 0 Å². The highest BCUT2D eigenvalue weighted by atomic mass is 15.3. The van der Waals surface area contributed by atoms with Crippen molar-refractivity contribution in [1.29, 1.82) is 0 Å². The highest BCUT2D eigenvalue weighted by Crippen LogP contribution is 1.96. The molecular formula is C11H21N3. The summed E-state index contributed by atoms with van der Waals surface area (Å²) in [5.41, 5.74) is 1.23. The first-order valence-electron chi connectivity index (χ1n) is 5.45. The van der Waals surface area contributed by atoms with Crippen LogP contribution in [-0.4, -0.2) is 22.4 Å². The molecule has 0 bridgehead atoms. The van der Waals surface area contributed by atoms with Crippen molar-refractivity contribution in [2.45, 2.75) is 46.2 Å². The van der Waals surface area contributed by atoms with Crippen LogP contribution in [0.25, 0.3) is 0 Å². The first kappa shape index (κ1) is 11.2. The SMILES string of the molecule is CCCC(C)NCCn1nccc1C. The Labute approximate surface area is 86.5 Å². The molecule has 1 heterocycles. The van der Waals surface area contributed by atoms with Gasteiger partial charge in [0.1, 0.15) is 0 Å². The molecule has 3 nitrogen and oxygen atoms in total. The van der Waals surface area contributed by atoms with Crippen molar-refractivity contribution < 1.29 is 0 Å². The molecule has 14 heavy (non-hydrogen) atoms. The van der Waals surface area contributed by atoms with Gasteiger partial charge in [-0.2, -0.15) is 5.10 Å². The third kappa shape index (κ3) is 3.50. The Morgan fingerprint density at radius 1 is 1.57 bits per heavy atom. The van der Waals surface area contributed by atoms with E-state index in [9.17, 15) is 0 Å². The van der Waals surface area contributed by atoms with E-state index < -0.39 is 0 Å². The second-order valence-corrected chi connectivity index (χ2v) is 3.84. The van der Waals surface area contributed by atoms with Crippen LogP contribution in [0.4, 0.5) is 0 Å². The number of nitrogens with one attached hydrogen (secondary N) is 1. The van der Waals surface area contributed by atoms with Crippen LogP contribution >= 0.6 is 0 Å². The quantitative estimate of drug-likeness (QED) is 0.752. The zero-order valence-electron chi connectivity index (χ0n) is 9.45. The van der Waals surface area contributed by atoms with Crippen LogP contribution in [0.2, 0.25) is 0 Å². The average Bonchev–Trinajstić information content (AvgIpc) is 2.52. The van der Waals surface area contributed by atoms with Crippen LogP contribution in [0.3, 0.4) is 0 Å². The topological polar surface area (TPSA) is 29.9 Å². The zero-order chi connectivity index (χ0) is 10.4. The van der Waals surface area contributed by atoms with Crippen molar-refractivity contribution in [2.24, 2.45) is 0 Å². The van der Waals surface area contributed by atoms with Crippen LogP contribution in [0.5, 0.6) is 0 Å². The summed E-state index contributed by atoms with van der Waals surface area (Å²) in [5, 5.41) is 7.72. The molecule has 0 saturated carbocycles. The molecule has 1 atom stereocenters. The number of aromatic nitrogens is 2.